The van der Waals surface area contributed by atoms with E-state index in [1.165, 1.54) is 19.2 Å². The van der Waals surface area contributed by atoms with E-state index >= 15 is 0 Å². The van der Waals surface area contributed by atoms with Crippen LogP contribution in [0.1, 0.15) is 11.5 Å². The van der Waals surface area contributed by atoms with E-state index in [2.05, 4.69) is 11.1 Å². The molecular formula is C13H12FN3O. The van der Waals surface area contributed by atoms with E-state index in [0.717, 1.165) is 0 Å². The summed E-state index contributed by atoms with van der Waals surface area (Å²) in [5.41, 5.74) is 1.46. The summed E-state index contributed by atoms with van der Waals surface area (Å²) in [7, 11) is 3.16. The molecule has 2 rings (SSSR count). The van der Waals surface area contributed by atoms with Crippen molar-refractivity contribution >= 4 is 0 Å². The third kappa shape index (κ3) is 1.82. The Balaban J connectivity index is 2.60. The fourth-order valence-electron chi connectivity index (χ4n) is 1.75. The molecule has 0 fully saturated rings. The Kier molecular flexibility index (Phi) is 3.02. The summed E-state index contributed by atoms with van der Waals surface area (Å²) in [5, 5.41) is 9.11. The molecule has 0 saturated heterocycles. The average Bonchev–Trinajstić information content (AvgIpc) is 2.65. The van der Waals surface area contributed by atoms with Crippen LogP contribution in [0.3, 0.4) is 0 Å². The second-order valence-electron chi connectivity index (χ2n) is 3.88. The molecule has 0 unspecified atom stereocenters. The molecule has 18 heavy (non-hydrogen) atoms. The molecule has 0 N–H and O–H groups in total. The number of imidazole rings is 1. The molecule has 2 aromatic rings. The van der Waals surface area contributed by atoms with Gasteiger partial charge in [0.15, 0.2) is 11.6 Å². The number of rotatable bonds is 2. The topological polar surface area (TPSA) is 50.8 Å². The summed E-state index contributed by atoms with van der Waals surface area (Å²) >= 11 is 0. The standard InChI is InChI=1S/C13H12FN3O/c1-8-16-13(11(7-15)17(8)2)9-4-5-12(18-3)10(14)6-9/h4-6H,1-3H3. The summed E-state index contributed by atoms with van der Waals surface area (Å²) in [4.78, 5) is 4.28. The highest BCUT2D eigenvalue weighted by molar-refractivity contribution is 5.66. The van der Waals surface area contributed by atoms with Gasteiger partial charge in [0, 0.05) is 12.6 Å². The SMILES string of the molecule is COc1ccc(-c2nc(C)n(C)c2C#N)cc1F. The molecule has 1 heterocycles. The van der Waals surface area contributed by atoms with Gasteiger partial charge >= 0.3 is 0 Å². The summed E-state index contributed by atoms with van der Waals surface area (Å²) in [6, 6.07) is 6.61. The molecular weight excluding hydrogens is 233 g/mol. The third-order valence-corrected chi connectivity index (χ3v) is 2.85. The molecule has 0 aliphatic rings. The lowest BCUT2D eigenvalue weighted by molar-refractivity contribution is 0.386. The molecule has 0 aliphatic carbocycles. The van der Waals surface area contributed by atoms with Gasteiger partial charge < -0.3 is 9.30 Å². The Morgan fingerprint density at radius 2 is 2.17 bits per heavy atom. The fourth-order valence-corrected chi connectivity index (χ4v) is 1.75. The number of halogens is 1. The normalized spacial score (nSPS) is 10.2. The van der Waals surface area contributed by atoms with Gasteiger partial charge in [-0.3, -0.25) is 0 Å². The smallest absolute Gasteiger partial charge is 0.165 e. The highest BCUT2D eigenvalue weighted by Crippen LogP contribution is 2.27. The summed E-state index contributed by atoms with van der Waals surface area (Å²) in [5.74, 6) is 0.407. The van der Waals surface area contributed by atoms with Crippen molar-refractivity contribution < 1.29 is 9.13 Å². The number of nitrogens with zero attached hydrogens (tertiary/aromatic N) is 3. The maximum Gasteiger partial charge on any atom is 0.165 e. The number of benzene rings is 1. The van der Waals surface area contributed by atoms with Crippen molar-refractivity contribution in [2.24, 2.45) is 7.05 Å². The van der Waals surface area contributed by atoms with Crippen molar-refractivity contribution in [3.63, 3.8) is 0 Å². The molecule has 0 saturated carbocycles. The van der Waals surface area contributed by atoms with Gasteiger partial charge in [-0.2, -0.15) is 5.26 Å². The van der Waals surface area contributed by atoms with Crippen LogP contribution in [-0.4, -0.2) is 16.7 Å². The highest BCUT2D eigenvalue weighted by atomic mass is 19.1. The molecule has 1 aromatic heterocycles. The lowest BCUT2D eigenvalue weighted by Gasteiger charge is -2.03. The maximum atomic E-state index is 13.6. The van der Waals surface area contributed by atoms with Crippen molar-refractivity contribution in [1.82, 2.24) is 9.55 Å². The Hall–Kier alpha value is -2.35. The zero-order chi connectivity index (χ0) is 13.3. The van der Waals surface area contributed by atoms with E-state index in [1.807, 2.05) is 0 Å². The van der Waals surface area contributed by atoms with Crippen LogP contribution in [0.4, 0.5) is 4.39 Å². The molecule has 0 spiro atoms. The van der Waals surface area contributed by atoms with E-state index in [9.17, 15) is 4.39 Å². The predicted octanol–water partition coefficient (Wildman–Crippen LogP) is 2.41. The number of methoxy groups -OCH3 is 1. The molecule has 0 radical (unpaired) electrons. The van der Waals surface area contributed by atoms with Gasteiger partial charge in [-0.05, 0) is 25.1 Å². The van der Waals surface area contributed by atoms with Crippen molar-refractivity contribution in [2.45, 2.75) is 6.92 Å². The number of aryl methyl sites for hydroxylation is 1. The zero-order valence-corrected chi connectivity index (χ0v) is 10.4. The average molecular weight is 245 g/mol. The number of hydrogen-bond acceptors (Lipinski definition) is 3. The Morgan fingerprint density at radius 3 is 2.72 bits per heavy atom. The zero-order valence-electron chi connectivity index (χ0n) is 10.4. The first-order valence-corrected chi connectivity index (χ1v) is 5.35. The molecule has 0 bridgehead atoms. The van der Waals surface area contributed by atoms with Crippen LogP contribution in [0.15, 0.2) is 18.2 Å². The van der Waals surface area contributed by atoms with Gasteiger partial charge in [-0.25, -0.2) is 9.37 Å². The van der Waals surface area contributed by atoms with Crippen LogP contribution >= 0.6 is 0 Å². The van der Waals surface area contributed by atoms with Gasteiger partial charge in [-0.1, -0.05) is 0 Å². The van der Waals surface area contributed by atoms with Crippen LogP contribution in [0.2, 0.25) is 0 Å². The number of nitriles is 1. The van der Waals surface area contributed by atoms with Gasteiger partial charge in [0.1, 0.15) is 23.3 Å². The molecule has 0 amide bonds. The highest BCUT2D eigenvalue weighted by Gasteiger charge is 2.15. The first kappa shape index (κ1) is 12.1. The van der Waals surface area contributed by atoms with Gasteiger partial charge in [0.2, 0.25) is 0 Å². The molecule has 5 heteroatoms. The lowest BCUT2D eigenvalue weighted by atomic mass is 10.1. The third-order valence-electron chi connectivity index (χ3n) is 2.85. The first-order chi connectivity index (χ1) is 8.58. The van der Waals surface area contributed by atoms with E-state index in [4.69, 9.17) is 10.00 Å². The summed E-state index contributed by atoms with van der Waals surface area (Å²) < 4.78 is 20.2. The minimum absolute atomic E-state index is 0.171. The van der Waals surface area contributed by atoms with E-state index < -0.39 is 5.82 Å². The quantitative estimate of drug-likeness (QED) is 0.816. The first-order valence-electron chi connectivity index (χ1n) is 5.35. The van der Waals surface area contributed by atoms with Gasteiger partial charge in [-0.15, -0.1) is 0 Å². The van der Waals surface area contributed by atoms with Gasteiger partial charge in [0.05, 0.1) is 7.11 Å². The van der Waals surface area contributed by atoms with Crippen LogP contribution in [0, 0.1) is 24.1 Å². The molecule has 0 aliphatic heterocycles. The van der Waals surface area contributed by atoms with Crippen LogP contribution in [0.5, 0.6) is 5.75 Å². The molecule has 92 valence electrons. The van der Waals surface area contributed by atoms with Crippen molar-refractivity contribution in [3.8, 4) is 23.1 Å². The largest absolute Gasteiger partial charge is 0.494 e. The van der Waals surface area contributed by atoms with Crippen molar-refractivity contribution in [3.05, 3.63) is 35.5 Å². The van der Waals surface area contributed by atoms with E-state index in [0.29, 0.717) is 22.8 Å². The minimum Gasteiger partial charge on any atom is -0.494 e. The molecule has 1 aromatic carbocycles. The number of hydrogen-bond donors (Lipinski definition) is 0. The van der Waals surface area contributed by atoms with Crippen molar-refractivity contribution in [1.29, 1.82) is 5.26 Å². The molecule has 4 nitrogen and oxygen atoms in total. The fraction of sp³-hybridized carbons (Fsp3) is 0.231. The second-order valence-corrected chi connectivity index (χ2v) is 3.88. The lowest BCUT2D eigenvalue weighted by Crippen LogP contribution is -1.94. The monoisotopic (exact) mass is 245 g/mol. The number of ether oxygens (including phenoxy) is 1. The Labute approximate surface area is 104 Å². The van der Waals surface area contributed by atoms with E-state index in [1.54, 1.807) is 24.6 Å². The number of aromatic nitrogens is 2. The molecule has 0 atom stereocenters. The van der Waals surface area contributed by atoms with Gasteiger partial charge in [0.25, 0.3) is 0 Å². The second kappa shape index (κ2) is 4.49. The maximum absolute atomic E-state index is 13.6. The Morgan fingerprint density at radius 1 is 1.44 bits per heavy atom. The van der Waals surface area contributed by atoms with Crippen LogP contribution < -0.4 is 4.74 Å². The van der Waals surface area contributed by atoms with Crippen LogP contribution in [-0.2, 0) is 7.05 Å². The minimum atomic E-state index is -0.470. The van der Waals surface area contributed by atoms with Crippen LogP contribution in [0.25, 0.3) is 11.3 Å². The van der Waals surface area contributed by atoms with Crippen molar-refractivity contribution in [2.75, 3.05) is 7.11 Å². The summed E-state index contributed by atoms with van der Waals surface area (Å²) in [6.07, 6.45) is 0. The Bertz CT molecular complexity index is 640. The summed E-state index contributed by atoms with van der Waals surface area (Å²) in [6.45, 7) is 1.80. The van der Waals surface area contributed by atoms with E-state index in [-0.39, 0.29) is 5.75 Å². The predicted molar refractivity (Wildman–Crippen MR) is 64.6 cm³/mol.